The van der Waals surface area contributed by atoms with E-state index in [0.29, 0.717) is 4.47 Å². The lowest BCUT2D eigenvalue weighted by Crippen LogP contribution is -2.13. The van der Waals surface area contributed by atoms with Gasteiger partial charge in [-0.3, -0.25) is 14.8 Å². The molecule has 0 aliphatic carbocycles. The maximum Gasteiger partial charge on any atom is 0.271 e. The van der Waals surface area contributed by atoms with Crippen LogP contribution in [0.25, 0.3) is 0 Å². The molecule has 0 radical (unpaired) electrons. The number of nitro benzene ring substituents is 1. The van der Waals surface area contributed by atoms with E-state index < -0.39 is 20.7 Å². The van der Waals surface area contributed by atoms with Crippen LogP contribution in [0.4, 0.5) is 11.4 Å². The molecule has 21 heavy (non-hydrogen) atoms. The van der Waals surface area contributed by atoms with Crippen LogP contribution < -0.4 is 4.72 Å². The number of non-ortho nitro benzene ring substituents is 1. The van der Waals surface area contributed by atoms with Gasteiger partial charge in [0.1, 0.15) is 10.6 Å². The summed E-state index contributed by atoms with van der Waals surface area (Å²) in [7, 11) is -4.06. The van der Waals surface area contributed by atoms with E-state index in [9.17, 15) is 23.6 Å². The molecule has 0 amide bonds. The maximum absolute atomic E-state index is 12.2. The van der Waals surface area contributed by atoms with Crippen LogP contribution >= 0.6 is 15.9 Å². The van der Waals surface area contributed by atoms with E-state index in [1.54, 1.807) is 0 Å². The lowest BCUT2D eigenvalue weighted by atomic mass is 10.3. The molecule has 0 aliphatic heterocycles. The fourth-order valence-corrected chi connectivity index (χ4v) is 3.24. The van der Waals surface area contributed by atoms with Crippen molar-refractivity contribution in [2.45, 2.75) is 4.90 Å². The molecule has 0 aliphatic rings. The molecule has 2 rings (SSSR count). The zero-order chi connectivity index (χ0) is 15.6. The summed E-state index contributed by atoms with van der Waals surface area (Å²) < 4.78 is 26.9. The third-order valence-electron chi connectivity index (χ3n) is 2.56. The van der Waals surface area contributed by atoms with Gasteiger partial charge in [-0.15, -0.1) is 0 Å². The molecule has 0 aromatic heterocycles. The topological polar surface area (TPSA) is 110 Å². The Morgan fingerprint density at radius 3 is 2.48 bits per heavy atom. The van der Waals surface area contributed by atoms with E-state index in [-0.39, 0.29) is 16.3 Å². The summed E-state index contributed by atoms with van der Waals surface area (Å²) in [6, 6.07) is 9.08. The van der Waals surface area contributed by atoms with Gasteiger partial charge in [-0.1, -0.05) is 12.1 Å². The highest BCUT2D eigenvalue weighted by molar-refractivity contribution is 9.10. The minimum Gasteiger partial charge on any atom is -0.507 e. The fraction of sp³-hybridized carbons (Fsp3) is 0. The van der Waals surface area contributed by atoms with Crippen LogP contribution in [0.15, 0.2) is 51.8 Å². The third kappa shape index (κ3) is 3.31. The Morgan fingerprint density at radius 2 is 1.86 bits per heavy atom. The van der Waals surface area contributed by atoms with Gasteiger partial charge in [-0.2, -0.15) is 0 Å². The molecule has 0 atom stereocenters. The van der Waals surface area contributed by atoms with Crippen LogP contribution in [0.2, 0.25) is 0 Å². The average molecular weight is 373 g/mol. The van der Waals surface area contributed by atoms with Crippen LogP contribution in [0.1, 0.15) is 0 Å². The van der Waals surface area contributed by atoms with Crippen LogP contribution in [0.3, 0.4) is 0 Å². The number of rotatable bonds is 4. The second kappa shape index (κ2) is 5.70. The van der Waals surface area contributed by atoms with E-state index in [2.05, 4.69) is 20.7 Å². The highest BCUT2D eigenvalue weighted by Gasteiger charge is 2.20. The number of hydrogen-bond donors (Lipinski definition) is 2. The Bertz CT molecular complexity index is 807. The van der Waals surface area contributed by atoms with Crippen LogP contribution in [0, 0.1) is 10.1 Å². The molecule has 0 bridgehead atoms. The largest absolute Gasteiger partial charge is 0.507 e. The van der Waals surface area contributed by atoms with Gasteiger partial charge in [0.05, 0.1) is 10.6 Å². The number of nitrogens with zero attached hydrogens (tertiary/aromatic N) is 1. The first-order valence-corrected chi connectivity index (χ1v) is 7.83. The van der Waals surface area contributed by atoms with Gasteiger partial charge in [0.2, 0.25) is 0 Å². The molecular formula is C12H9BrN2O5S. The monoisotopic (exact) mass is 372 g/mol. The number of sulfonamides is 1. The molecule has 0 heterocycles. The van der Waals surface area contributed by atoms with Gasteiger partial charge < -0.3 is 5.11 Å². The Balaban J connectivity index is 2.44. The summed E-state index contributed by atoms with van der Waals surface area (Å²) in [5.41, 5.74) is -0.249. The average Bonchev–Trinajstić information content (AvgIpc) is 2.41. The van der Waals surface area contributed by atoms with E-state index in [0.717, 1.165) is 6.07 Å². The van der Waals surface area contributed by atoms with Crippen molar-refractivity contribution in [3.8, 4) is 5.75 Å². The van der Waals surface area contributed by atoms with Gasteiger partial charge in [0, 0.05) is 16.6 Å². The van der Waals surface area contributed by atoms with E-state index >= 15 is 0 Å². The van der Waals surface area contributed by atoms with Crippen molar-refractivity contribution in [1.29, 1.82) is 0 Å². The van der Waals surface area contributed by atoms with Crippen molar-refractivity contribution >= 4 is 37.3 Å². The molecule has 110 valence electrons. The third-order valence-corrected chi connectivity index (χ3v) is 4.66. The van der Waals surface area contributed by atoms with Crippen molar-refractivity contribution in [2.24, 2.45) is 0 Å². The zero-order valence-electron chi connectivity index (χ0n) is 10.4. The molecule has 2 N–H and O–H groups in total. The van der Waals surface area contributed by atoms with E-state index in [1.165, 1.54) is 36.4 Å². The van der Waals surface area contributed by atoms with Crippen LogP contribution in [-0.2, 0) is 10.0 Å². The molecule has 0 saturated carbocycles. The van der Waals surface area contributed by atoms with Crippen LogP contribution in [-0.4, -0.2) is 18.4 Å². The number of phenols is 1. The Hall–Kier alpha value is -2.13. The first kappa shape index (κ1) is 15.3. The second-order valence-corrected chi connectivity index (χ2v) is 6.50. The number of halogens is 1. The maximum atomic E-state index is 12.2. The highest BCUT2D eigenvalue weighted by Crippen LogP contribution is 2.30. The molecular weight excluding hydrogens is 364 g/mol. The van der Waals surface area contributed by atoms with Crippen LogP contribution in [0.5, 0.6) is 5.75 Å². The Kier molecular flexibility index (Phi) is 4.14. The predicted molar refractivity (Wildman–Crippen MR) is 79.7 cm³/mol. The molecule has 7 nitrogen and oxygen atoms in total. The number of nitrogens with one attached hydrogen (secondary N) is 1. The molecule has 2 aromatic rings. The summed E-state index contributed by atoms with van der Waals surface area (Å²) in [5.74, 6) is -0.411. The number of benzene rings is 2. The smallest absolute Gasteiger partial charge is 0.271 e. The Labute approximate surface area is 128 Å². The zero-order valence-corrected chi connectivity index (χ0v) is 12.8. The molecule has 0 saturated heterocycles. The van der Waals surface area contributed by atoms with Crippen molar-refractivity contribution in [1.82, 2.24) is 0 Å². The standard InChI is InChI=1S/C12H9BrN2O5S/c13-9-6-5-8(15(17)18)7-10(9)14-21(19,20)12-4-2-1-3-11(12)16/h1-7,14,16H. The second-order valence-electron chi connectivity index (χ2n) is 3.99. The number of para-hydroxylation sites is 1. The van der Waals surface area contributed by atoms with Crippen molar-refractivity contribution < 1.29 is 18.4 Å². The number of aromatic hydroxyl groups is 1. The molecule has 0 fully saturated rings. The number of nitro groups is 1. The normalized spacial score (nSPS) is 11.1. The molecule has 0 spiro atoms. The first-order chi connectivity index (χ1) is 9.81. The van der Waals surface area contributed by atoms with Gasteiger partial charge in [0.25, 0.3) is 15.7 Å². The van der Waals surface area contributed by atoms with Crippen molar-refractivity contribution in [2.75, 3.05) is 4.72 Å². The van der Waals surface area contributed by atoms with E-state index in [1.807, 2.05) is 0 Å². The summed E-state index contributed by atoms with van der Waals surface area (Å²) in [6.07, 6.45) is 0. The lowest BCUT2D eigenvalue weighted by molar-refractivity contribution is -0.384. The minimum atomic E-state index is -4.06. The highest BCUT2D eigenvalue weighted by atomic mass is 79.9. The number of phenolic OH excluding ortho intramolecular Hbond substituents is 1. The quantitative estimate of drug-likeness (QED) is 0.633. The van der Waals surface area contributed by atoms with Gasteiger partial charge in [-0.25, -0.2) is 8.42 Å². The van der Waals surface area contributed by atoms with Gasteiger partial charge in [-0.05, 0) is 34.1 Å². The lowest BCUT2D eigenvalue weighted by Gasteiger charge is -2.10. The minimum absolute atomic E-state index is 0.00690. The Morgan fingerprint density at radius 1 is 1.19 bits per heavy atom. The van der Waals surface area contributed by atoms with Crippen molar-refractivity contribution in [3.63, 3.8) is 0 Å². The number of hydrogen-bond acceptors (Lipinski definition) is 5. The molecule has 9 heteroatoms. The SMILES string of the molecule is O=[N+]([O-])c1ccc(Br)c(NS(=O)(=O)c2ccccc2O)c1. The summed E-state index contributed by atoms with van der Waals surface area (Å²) in [5, 5.41) is 20.3. The number of anilines is 1. The van der Waals surface area contributed by atoms with Crippen molar-refractivity contribution in [3.05, 3.63) is 57.1 Å². The summed E-state index contributed by atoms with van der Waals surface area (Å²) in [6.45, 7) is 0. The van der Waals surface area contributed by atoms with Gasteiger partial charge in [0.15, 0.2) is 0 Å². The predicted octanol–water partition coefficient (Wildman–Crippen LogP) is 2.86. The van der Waals surface area contributed by atoms with Gasteiger partial charge >= 0.3 is 0 Å². The summed E-state index contributed by atoms with van der Waals surface area (Å²) in [4.78, 5) is 9.78. The van der Waals surface area contributed by atoms with E-state index in [4.69, 9.17) is 0 Å². The first-order valence-electron chi connectivity index (χ1n) is 5.56. The molecule has 2 aromatic carbocycles. The molecule has 0 unspecified atom stereocenters. The fourth-order valence-electron chi connectivity index (χ4n) is 1.59. The summed E-state index contributed by atoms with van der Waals surface area (Å²) >= 11 is 3.11.